The molecule has 1 aromatic heterocycles. The highest BCUT2D eigenvalue weighted by molar-refractivity contribution is 9.10. The van der Waals surface area contributed by atoms with Gasteiger partial charge in [-0.1, -0.05) is 33.1 Å². The summed E-state index contributed by atoms with van der Waals surface area (Å²) in [6, 6.07) is 8.27. The van der Waals surface area contributed by atoms with Crippen LogP contribution in [0.3, 0.4) is 0 Å². The molecular weight excluding hydrogens is 326 g/mol. The monoisotopic (exact) mass is 349 g/mol. The molecule has 0 bridgehead atoms. The fraction of sp³-hybridized carbons (Fsp3) is 0.500. The van der Waals surface area contributed by atoms with Gasteiger partial charge in [0, 0.05) is 15.9 Å². The minimum Gasteiger partial charge on any atom is -0.493 e. The topological polar surface area (TPSA) is 22.1 Å². The van der Waals surface area contributed by atoms with E-state index >= 15 is 0 Å². The number of ether oxygens (including phenoxy) is 1. The lowest BCUT2D eigenvalue weighted by Crippen LogP contribution is -2.11. The van der Waals surface area contributed by atoms with Crippen molar-refractivity contribution in [2.45, 2.75) is 46.5 Å². The van der Waals surface area contributed by atoms with Crippen LogP contribution in [0.4, 0.5) is 0 Å². The molecule has 114 valence electrons. The lowest BCUT2D eigenvalue weighted by molar-refractivity contribution is 0.233. The summed E-state index contributed by atoms with van der Waals surface area (Å²) in [5.74, 6) is 1.58. The van der Waals surface area contributed by atoms with E-state index in [9.17, 15) is 0 Å². The number of nitrogens with zero attached hydrogens (tertiary/aromatic N) is 1. The molecule has 21 heavy (non-hydrogen) atoms. The Labute approximate surface area is 136 Å². The zero-order valence-corrected chi connectivity index (χ0v) is 14.7. The van der Waals surface area contributed by atoms with Crippen molar-refractivity contribution in [3.63, 3.8) is 0 Å². The van der Waals surface area contributed by atoms with Crippen molar-refractivity contribution in [3.8, 4) is 5.75 Å². The zero-order valence-electron chi connectivity index (χ0n) is 13.2. The number of benzene rings is 1. The van der Waals surface area contributed by atoms with E-state index in [1.165, 1.54) is 25.7 Å². The molecule has 1 atom stereocenters. The highest BCUT2D eigenvalue weighted by atomic mass is 79.9. The Kier molecular flexibility index (Phi) is 6.04. The number of aromatic nitrogens is 1. The highest BCUT2D eigenvalue weighted by Gasteiger charge is 2.08. The number of hydrogen-bond acceptors (Lipinski definition) is 2. The summed E-state index contributed by atoms with van der Waals surface area (Å²) in [5.41, 5.74) is 2.00. The van der Waals surface area contributed by atoms with E-state index in [1.807, 2.05) is 19.1 Å². The maximum absolute atomic E-state index is 5.98. The Hall–Kier alpha value is -1.09. The van der Waals surface area contributed by atoms with Crippen LogP contribution in [-0.4, -0.2) is 11.6 Å². The molecule has 2 rings (SSSR count). The number of halogens is 1. The van der Waals surface area contributed by atoms with E-state index < -0.39 is 0 Å². The van der Waals surface area contributed by atoms with Crippen molar-refractivity contribution < 1.29 is 4.74 Å². The van der Waals surface area contributed by atoms with E-state index in [2.05, 4.69) is 46.9 Å². The quantitative estimate of drug-likeness (QED) is 0.620. The summed E-state index contributed by atoms with van der Waals surface area (Å²) in [6.45, 7) is 7.29. The fourth-order valence-corrected chi connectivity index (χ4v) is 2.75. The minimum absolute atomic E-state index is 0.653. The first kappa shape index (κ1) is 16.3. The first-order chi connectivity index (χ1) is 10.1. The summed E-state index contributed by atoms with van der Waals surface area (Å²) >= 11 is 3.52. The second kappa shape index (κ2) is 7.79. The molecule has 0 radical (unpaired) electrons. The predicted molar refractivity (Wildman–Crippen MR) is 93.0 cm³/mol. The van der Waals surface area contributed by atoms with Crippen molar-refractivity contribution in [2.24, 2.45) is 5.92 Å². The van der Waals surface area contributed by atoms with Crippen LogP contribution in [0.25, 0.3) is 10.9 Å². The molecule has 0 amide bonds. The Bertz CT molecular complexity index is 597. The van der Waals surface area contributed by atoms with Crippen molar-refractivity contribution in [2.75, 3.05) is 6.61 Å². The van der Waals surface area contributed by atoms with Crippen LogP contribution in [-0.2, 0) is 0 Å². The molecular formula is C18H24BrNO. The lowest BCUT2D eigenvalue weighted by atomic mass is 10.0. The molecule has 0 saturated carbocycles. The highest BCUT2D eigenvalue weighted by Crippen LogP contribution is 2.25. The van der Waals surface area contributed by atoms with Gasteiger partial charge < -0.3 is 4.74 Å². The SMILES string of the molecule is CCCCC(CC)COc1ccc2cc(Br)c(C)nc2c1. The van der Waals surface area contributed by atoms with Gasteiger partial charge in [0.1, 0.15) is 5.75 Å². The van der Waals surface area contributed by atoms with Crippen molar-refractivity contribution in [3.05, 3.63) is 34.4 Å². The van der Waals surface area contributed by atoms with Gasteiger partial charge in [0.05, 0.1) is 17.8 Å². The number of fused-ring (bicyclic) bond motifs is 1. The third-order valence-corrected chi connectivity index (χ3v) is 4.75. The Balaban J connectivity index is 2.07. The summed E-state index contributed by atoms with van der Waals surface area (Å²) in [6.07, 6.45) is 4.97. The van der Waals surface area contributed by atoms with Crippen LogP contribution in [0, 0.1) is 12.8 Å². The second-order valence-corrected chi connectivity index (χ2v) is 6.49. The van der Waals surface area contributed by atoms with Gasteiger partial charge >= 0.3 is 0 Å². The number of rotatable bonds is 7. The number of pyridine rings is 1. The third kappa shape index (κ3) is 4.44. The third-order valence-electron chi connectivity index (χ3n) is 3.95. The van der Waals surface area contributed by atoms with E-state index in [1.54, 1.807) is 0 Å². The van der Waals surface area contributed by atoms with Crippen LogP contribution < -0.4 is 4.74 Å². The summed E-state index contributed by atoms with van der Waals surface area (Å²) < 4.78 is 7.03. The van der Waals surface area contributed by atoms with Crippen LogP contribution in [0.1, 0.15) is 45.2 Å². The molecule has 0 fully saturated rings. The van der Waals surface area contributed by atoms with Crippen LogP contribution in [0.15, 0.2) is 28.7 Å². The van der Waals surface area contributed by atoms with Crippen molar-refractivity contribution >= 4 is 26.8 Å². The summed E-state index contributed by atoms with van der Waals surface area (Å²) in [4.78, 5) is 4.61. The molecule has 2 nitrogen and oxygen atoms in total. The van der Waals surface area contributed by atoms with Gasteiger partial charge in [0.15, 0.2) is 0 Å². The molecule has 0 N–H and O–H groups in total. The molecule has 0 saturated heterocycles. The largest absolute Gasteiger partial charge is 0.493 e. The summed E-state index contributed by atoms with van der Waals surface area (Å²) in [7, 11) is 0. The Morgan fingerprint density at radius 3 is 2.76 bits per heavy atom. The average Bonchev–Trinajstić information content (AvgIpc) is 2.49. The minimum atomic E-state index is 0.653. The van der Waals surface area contributed by atoms with Gasteiger partial charge in [-0.25, -0.2) is 0 Å². The Morgan fingerprint density at radius 2 is 2.05 bits per heavy atom. The van der Waals surface area contributed by atoms with Crippen LogP contribution in [0.2, 0.25) is 0 Å². The normalized spacial score (nSPS) is 12.6. The standard InChI is InChI=1S/C18H24BrNO/c1-4-6-7-14(5-2)12-21-16-9-8-15-10-17(19)13(3)20-18(15)11-16/h8-11,14H,4-7,12H2,1-3H3. The van der Waals surface area contributed by atoms with Crippen molar-refractivity contribution in [1.29, 1.82) is 0 Å². The van der Waals surface area contributed by atoms with Crippen LogP contribution >= 0.6 is 15.9 Å². The van der Waals surface area contributed by atoms with Gasteiger partial charge in [-0.3, -0.25) is 4.98 Å². The predicted octanol–water partition coefficient (Wildman–Crippen LogP) is 5.90. The molecule has 0 aliphatic carbocycles. The molecule has 1 aromatic carbocycles. The van der Waals surface area contributed by atoms with Crippen molar-refractivity contribution in [1.82, 2.24) is 4.98 Å². The van der Waals surface area contributed by atoms with Gasteiger partial charge in [-0.05, 0) is 53.4 Å². The Morgan fingerprint density at radius 1 is 1.24 bits per heavy atom. The molecule has 1 unspecified atom stereocenters. The molecule has 0 aliphatic heterocycles. The molecule has 2 aromatic rings. The number of unbranched alkanes of at least 4 members (excludes halogenated alkanes) is 1. The van der Waals surface area contributed by atoms with E-state index in [-0.39, 0.29) is 0 Å². The van der Waals surface area contributed by atoms with Gasteiger partial charge in [-0.15, -0.1) is 0 Å². The lowest BCUT2D eigenvalue weighted by Gasteiger charge is -2.15. The number of aryl methyl sites for hydroxylation is 1. The molecule has 1 heterocycles. The van der Waals surface area contributed by atoms with Crippen LogP contribution in [0.5, 0.6) is 5.75 Å². The maximum Gasteiger partial charge on any atom is 0.121 e. The number of hydrogen-bond donors (Lipinski definition) is 0. The van der Waals surface area contributed by atoms with Gasteiger partial charge in [-0.2, -0.15) is 0 Å². The fourth-order valence-electron chi connectivity index (χ4n) is 2.42. The zero-order chi connectivity index (χ0) is 15.2. The first-order valence-electron chi connectivity index (χ1n) is 7.83. The first-order valence-corrected chi connectivity index (χ1v) is 8.63. The summed E-state index contributed by atoms with van der Waals surface area (Å²) in [5, 5.41) is 1.14. The van der Waals surface area contributed by atoms with Gasteiger partial charge in [0.2, 0.25) is 0 Å². The molecule has 0 spiro atoms. The maximum atomic E-state index is 5.98. The van der Waals surface area contributed by atoms with E-state index in [0.29, 0.717) is 5.92 Å². The molecule has 3 heteroatoms. The second-order valence-electron chi connectivity index (χ2n) is 5.64. The average molecular weight is 350 g/mol. The smallest absolute Gasteiger partial charge is 0.121 e. The van der Waals surface area contributed by atoms with E-state index in [0.717, 1.165) is 33.4 Å². The van der Waals surface area contributed by atoms with E-state index in [4.69, 9.17) is 4.74 Å². The molecule has 0 aliphatic rings. The van der Waals surface area contributed by atoms with Gasteiger partial charge in [0.25, 0.3) is 0 Å².